The van der Waals surface area contributed by atoms with E-state index in [1.807, 2.05) is 20.8 Å². The summed E-state index contributed by atoms with van der Waals surface area (Å²) in [5.41, 5.74) is -0.329. The van der Waals surface area contributed by atoms with Crippen LogP contribution in [0.4, 0.5) is 0 Å². The fourth-order valence-electron chi connectivity index (χ4n) is 3.13. The summed E-state index contributed by atoms with van der Waals surface area (Å²) in [4.78, 5) is 12.2. The fourth-order valence-corrected chi connectivity index (χ4v) is 3.13. The van der Waals surface area contributed by atoms with Crippen molar-refractivity contribution in [2.24, 2.45) is 5.41 Å². The quantitative estimate of drug-likeness (QED) is 0.725. The lowest BCUT2D eigenvalue weighted by atomic mass is 9.80. The third kappa shape index (κ3) is 2.86. The molecule has 0 aromatic carbocycles. The van der Waals surface area contributed by atoms with E-state index in [0.29, 0.717) is 13.2 Å². The minimum absolute atomic E-state index is 0.0162. The van der Waals surface area contributed by atoms with Crippen molar-refractivity contribution in [1.29, 1.82) is 0 Å². The van der Waals surface area contributed by atoms with Gasteiger partial charge in [-0.1, -0.05) is 12.8 Å². The van der Waals surface area contributed by atoms with E-state index >= 15 is 0 Å². The first-order chi connectivity index (χ1) is 8.47. The molecule has 0 bridgehead atoms. The average molecular weight is 256 g/mol. The van der Waals surface area contributed by atoms with Crippen molar-refractivity contribution in [3.63, 3.8) is 0 Å². The second-order valence-corrected chi connectivity index (χ2v) is 5.86. The topological polar surface area (TPSA) is 44.8 Å². The van der Waals surface area contributed by atoms with Crippen LogP contribution in [-0.4, -0.2) is 31.1 Å². The van der Waals surface area contributed by atoms with Gasteiger partial charge in [0.05, 0.1) is 24.7 Å². The van der Waals surface area contributed by atoms with Crippen molar-refractivity contribution in [2.45, 2.75) is 64.8 Å². The fraction of sp³-hybridized carbons (Fsp3) is 0.929. The van der Waals surface area contributed by atoms with Crippen molar-refractivity contribution in [3.05, 3.63) is 0 Å². The molecule has 4 nitrogen and oxygen atoms in total. The maximum atomic E-state index is 12.2. The molecule has 0 spiro atoms. The van der Waals surface area contributed by atoms with Crippen molar-refractivity contribution in [2.75, 3.05) is 13.2 Å². The van der Waals surface area contributed by atoms with Crippen LogP contribution < -0.4 is 0 Å². The molecule has 1 aliphatic heterocycles. The van der Waals surface area contributed by atoms with Crippen LogP contribution in [0, 0.1) is 5.41 Å². The van der Waals surface area contributed by atoms with Gasteiger partial charge < -0.3 is 14.2 Å². The first-order valence-electron chi connectivity index (χ1n) is 6.96. The molecule has 2 rings (SSSR count). The van der Waals surface area contributed by atoms with Gasteiger partial charge in [-0.25, -0.2) is 0 Å². The zero-order valence-corrected chi connectivity index (χ0v) is 11.7. The van der Waals surface area contributed by atoms with Gasteiger partial charge in [0, 0.05) is 0 Å². The lowest BCUT2D eigenvalue weighted by Crippen LogP contribution is -2.35. The summed E-state index contributed by atoms with van der Waals surface area (Å²) in [6.07, 6.45) is 4.81. The van der Waals surface area contributed by atoms with Crippen LogP contribution in [0.25, 0.3) is 0 Å². The lowest BCUT2D eigenvalue weighted by Gasteiger charge is -2.29. The summed E-state index contributed by atoms with van der Waals surface area (Å²) in [5.74, 6) is -0.560. The second kappa shape index (κ2) is 5.17. The van der Waals surface area contributed by atoms with Gasteiger partial charge in [-0.05, 0) is 40.0 Å². The van der Waals surface area contributed by atoms with Crippen LogP contribution in [0.1, 0.15) is 52.9 Å². The molecule has 1 saturated carbocycles. The molecule has 1 atom stereocenters. The van der Waals surface area contributed by atoms with Crippen molar-refractivity contribution in [3.8, 4) is 0 Å². The minimum Gasteiger partial charge on any atom is -0.466 e. The molecule has 18 heavy (non-hydrogen) atoms. The van der Waals surface area contributed by atoms with Crippen LogP contribution in [0.15, 0.2) is 0 Å². The predicted octanol–water partition coefficient (Wildman–Crippen LogP) is 2.65. The van der Waals surface area contributed by atoms with Gasteiger partial charge in [0.1, 0.15) is 0 Å². The zero-order chi connectivity index (χ0) is 13.2. The number of hydrogen-bond acceptors (Lipinski definition) is 4. The third-order valence-electron chi connectivity index (χ3n) is 3.95. The Bertz CT molecular complexity index is 305. The third-order valence-corrected chi connectivity index (χ3v) is 3.95. The summed E-state index contributed by atoms with van der Waals surface area (Å²) < 4.78 is 16.7. The summed E-state index contributed by atoms with van der Waals surface area (Å²) in [5, 5.41) is 0. The van der Waals surface area contributed by atoms with Gasteiger partial charge in [0.25, 0.3) is 0 Å². The van der Waals surface area contributed by atoms with E-state index in [1.54, 1.807) is 0 Å². The van der Waals surface area contributed by atoms with E-state index in [1.165, 1.54) is 0 Å². The zero-order valence-electron chi connectivity index (χ0n) is 11.7. The summed E-state index contributed by atoms with van der Waals surface area (Å²) in [6, 6.07) is 0. The van der Waals surface area contributed by atoms with Crippen LogP contribution >= 0.6 is 0 Å². The number of carbonyl (C=O) groups excluding carboxylic acids is 1. The standard InChI is InChI=1S/C14H24O4/c1-4-16-12(15)14(7-5-6-8-14)9-11-10-17-13(2,3)18-11/h11H,4-10H2,1-3H3/t11-/m0/s1. The maximum Gasteiger partial charge on any atom is 0.312 e. The molecule has 1 aliphatic carbocycles. The molecule has 0 aromatic heterocycles. The van der Waals surface area contributed by atoms with Crippen LogP contribution in [0.3, 0.4) is 0 Å². The Morgan fingerprint density at radius 1 is 1.33 bits per heavy atom. The van der Waals surface area contributed by atoms with Gasteiger partial charge in [-0.2, -0.15) is 0 Å². The minimum atomic E-state index is -0.515. The van der Waals surface area contributed by atoms with E-state index in [0.717, 1.165) is 32.1 Å². The Balaban J connectivity index is 2.01. The molecule has 0 N–H and O–H groups in total. The first-order valence-corrected chi connectivity index (χ1v) is 6.96. The van der Waals surface area contributed by atoms with Crippen molar-refractivity contribution < 1.29 is 19.0 Å². The smallest absolute Gasteiger partial charge is 0.312 e. The number of carbonyl (C=O) groups is 1. The van der Waals surface area contributed by atoms with Crippen LogP contribution in [-0.2, 0) is 19.0 Å². The molecule has 104 valence electrons. The van der Waals surface area contributed by atoms with E-state index in [-0.39, 0.29) is 17.5 Å². The summed E-state index contributed by atoms with van der Waals surface area (Å²) >= 11 is 0. The predicted molar refractivity (Wildman–Crippen MR) is 67.1 cm³/mol. The number of rotatable bonds is 4. The van der Waals surface area contributed by atoms with Gasteiger partial charge in [-0.3, -0.25) is 4.79 Å². The first kappa shape index (κ1) is 13.8. The average Bonchev–Trinajstić information content (AvgIpc) is 2.87. The molecule has 0 amide bonds. The highest BCUT2D eigenvalue weighted by Gasteiger charge is 2.46. The van der Waals surface area contributed by atoms with Gasteiger partial charge in [-0.15, -0.1) is 0 Å². The van der Waals surface area contributed by atoms with Gasteiger partial charge >= 0.3 is 5.97 Å². The van der Waals surface area contributed by atoms with Crippen molar-refractivity contribution >= 4 is 5.97 Å². The van der Waals surface area contributed by atoms with E-state index < -0.39 is 5.79 Å². The molecule has 2 aliphatic rings. The molecular formula is C14H24O4. The summed E-state index contributed by atoms with van der Waals surface area (Å²) in [7, 11) is 0. The molecule has 4 heteroatoms. The van der Waals surface area contributed by atoms with Crippen LogP contribution in [0.5, 0.6) is 0 Å². The number of hydrogen-bond donors (Lipinski definition) is 0. The normalized spacial score (nSPS) is 29.4. The van der Waals surface area contributed by atoms with E-state index in [2.05, 4.69) is 0 Å². The van der Waals surface area contributed by atoms with Gasteiger partial charge in [0.15, 0.2) is 5.79 Å². The maximum absolute atomic E-state index is 12.2. The largest absolute Gasteiger partial charge is 0.466 e. The Morgan fingerprint density at radius 2 is 2.00 bits per heavy atom. The van der Waals surface area contributed by atoms with Crippen molar-refractivity contribution in [1.82, 2.24) is 0 Å². The van der Waals surface area contributed by atoms with E-state index in [9.17, 15) is 4.79 Å². The molecule has 0 aromatic rings. The monoisotopic (exact) mass is 256 g/mol. The van der Waals surface area contributed by atoms with Gasteiger partial charge in [0.2, 0.25) is 0 Å². The second-order valence-electron chi connectivity index (χ2n) is 5.86. The Hall–Kier alpha value is -0.610. The summed E-state index contributed by atoms with van der Waals surface area (Å²) in [6.45, 7) is 6.72. The molecular weight excluding hydrogens is 232 g/mol. The molecule has 2 fully saturated rings. The highest BCUT2D eigenvalue weighted by Crippen LogP contribution is 2.45. The lowest BCUT2D eigenvalue weighted by molar-refractivity contribution is -0.162. The molecule has 0 unspecified atom stereocenters. The highest BCUT2D eigenvalue weighted by atomic mass is 16.7. The molecule has 0 radical (unpaired) electrons. The van der Waals surface area contributed by atoms with E-state index in [4.69, 9.17) is 14.2 Å². The highest BCUT2D eigenvalue weighted by molar-refractivity contribution is 5.77. The number of ether oxygens (including phenoxy) is 3. The van der Waals surface area contributed by atoms with Crippen LogP contribution in [0.2, 0.25) is 0 Å². The molecule has 1 saturated heterocycles. The Kier molecular flexibility index (Phi) is 3.97. The molecule has 1 heterocycles. The Labute approximate surface area is 109 Å². The Morgan fingerprint density at radius 3 is 2.50 bits per heavy atom. The number of esters is 1. The SMILES string of the molecule is CCOC(=O)C1(C[C@H]2COC(C)(C)O2)CCCC1.